The minimum absolute atomic E-state index is 0.0580. The number of urea groups is 1. The topological polar surface area (TPSA) is 76.7 Å². The number of amides is 2. The van der Waals surface area contributed by atoms with Crippen LogP contribution in [0.4, 0.5) is 4.79 Å². The fraction of sp³-hybridized carbons (Fsp3) is 0.385. The fourth-order valence-corrected chi connectivity index (χ4v) is 4.29. The van der Waals surface area contributed by atoms with Crippen LogP contribution in [-0.2, 0) is 16.1 Å². The lowest BCUT2D eigenvalue weighted by Gasteiger charge is -2.29. The third-order valence-electron chi connectivity index (χ3n) is 6.03. The molecule has 2 aromatic carbocycles. The highest BCUT2D eigenvalue weighted by molar-refractivity contribution is 5.95. The van der Waals surface area contributed by atoms with E-state index in [1.54, 1.807) is 6.92 Å². The minimum Gasteiger partial charge on any atom is -0.489 e. The van der Waals surface area contributed by atoms with Gasteiger partial charge in [0, 0.05) is 5.70 Å². The lowest BCUT2D eigenvalue weighted by Crippen LogP contribution is -2.45. The molecule has 1 atom stereocenters. The summed E-state index contributed by atoms with van der Waals surface area (Å²) in [6, 6.07) is 16.5. The Morgan fingerprint density at radius 1 is 0.969 bits per heavy atom. The first-order chi connectivity index (χ1) is 15.6. The van der Waals surface area contributed by atoms with Crippen molar-refractivity contribution in [3.05, 3.63) is 77.0 Å². The van der Waals surface area contributed by atoms with E-state index in [1.165, 1.54) is 12.8 Å². The van der Waals surface area contributed by atoms with E-state index in [0.29, 0.717) is 17.9 Å². The number of benzene rings is 2. The molecule has 4 rings (SSSR count). The number of hydrogen-bond donors (Lipinski definition) is 2. The molecule has 1 aliphatic heterocycles. The Balaban J connectivity index is 1.47. The number of rotatable bonds is 6. The Morgan fingerprint density at radius 3 is 2.34 bits per heavy atom. The van der Waals surface area contributed by atoms with Gasteiger partial charge in [-0.05, 0) is 55.9 Å². The molecule has 2 aromatic rings. The first-order valence-corrected chi connectivity index (χ1v) is 11.4. The van der Waals surface area contributed by atoms with Gasteiger partial charge in [-0.1, -0.05) is 55.3 Å². The highest BCUT2D eigenvalue weighted by atomic mass is 16.5. The number of carbonyl (C=O) groups excluding carboxylic acids is 2. The van der Waals surface area contributed by atoms with Gasteiger partial charge in [0.1, 0.15) is 18.5 Å². The fourth-order valence-electron chi connectivity index (χ4n) is 4.29. The summed E-state index contributed by atoms with van der Waals surface area (Å²) < 4.78 is 11.7. The molecule has 1 aliphatic carbocycles. The zero-order chi connectivity index (χ0) is 22.3. The second kappa shape index (κ2) is 10.4. The molecule has 0 radical (unpaired) electrons. The molecule has 1 heterocycles. The van der Waals surface area contributed by atoms with Gasteiger partial charge in [0.2, 0.25) is 0 Å². The van der Waals surface area contributed by atoms with E-state index in [0.717, 1.165) is 42.6 Å². The number of carbonyl (C=O) groups is 2. The van der Waals surface area contributed by atoms with Crippen molar-refractivity contribution in [2.24, 2.45) is 0 Å². The van der Waals surface area contributed by atoms with Gasteiger partial charge in [-0.15, -0.1) is 0 Å². The van der Waals surface area contributed by atoms with Crippen LogP contribution in [0.3, 0.4) is 0 Å². The van der Waals surface area contributed by atoms with Crippen molar-refractivity contribution in [2.45, 2.75) is 64.2 Å². The molecule has 2 aliphatic rings. The molecule has 0 bridgehead atoms. The maximum absolute atomic E-state index is 13.1. The van der Waals surface area contributed by atoms with Crippen LogP contribution in [0.15, 0.2) is 65.9 Å². The number of hydrogen-bond acceptors (Lipinski definition) is 4. The Hall–Kier alpha value is -3.28. The Morgan fingerprint density at radius 2 is 1.66 bits per heavy atom. The van der Waals surface area contributed by atoms with E-state index in [9.17, 15) is 9.59 Å². The zero-order valence-electron chi connectivity index (χ0n) is 18.4. The second-order valence-electron chi connectivity index (χ2n) is 8.43. The predicted octanol–water partition coefficient (Wildman–Crippen LogP) is 5.16. The monoisotopic (exact) mass is 434 g/mol. The average molecular weight is 435 g/mol. The van der Waals surface area contributed by atoms with Gasteiger partial charge in [0.25, 0.3) is 0 Å². The molecule has 6 heteroatoms. The summed E-state index contributed by atoms with van der Waals surface area (Å²) in [5, 5.41) is 5.58. The molecule has 6 nitrogen and oxygen atoms in total. The Labute approximate surface area is 189 Å². The van der Waals surface area contributed by atoms with Crippen LogP contribution in [0.2, 0.25) is 0 Å². The van der Waals surface area contributed by atoms with Crippen LogP contribution in [0.5, 0.6) is 5.75 Å². The van der Waals surface area contributed by atoms with Gasteiger partial charge in [-0.2, -0.15) is 0 Å². The molecule has 32 heavy (non-hydrogen) atoms. The molecule has 0 unspecified atom stereocenters. The van der Waals surface area contributed by atoms with E-state index in [4.69, 9.17) is 9.47 Å². The standard InChI is InChI=1S/C26H30N2O4/c1-18-23(25(29)32-22-11-7-2-3-8-12-22)24(28-26(30)27-18)20-13-15-21(16-14-20)31-17-19-9-5-4-6-10-19/h4-6,9-10,13-16,22,24H,2-3,7-8,11-12,17H2,1H3,(H2,27,28,30)/t24-/m0/s1. The van der Waals surface area contributed by atoms with E-state index in [-0.39, 0.29) is 18.1 Å². The smallest absolute Gasteiger partial charge is 0.338 e. The number of ether oxygens (including phenoxy) is 2. The van der Waals surface area contributed by atoms with Crippen molar-refractivity contribution < 1.29 is 19.1 Å². The SMILES string of the molecule is CC1=C(C(=O)OC2CCCCCC2)[C@H](c2ccc(OCc3ccccc3)cc2)NC(=O)N1. The van der Waals surface area contributed by atoms with Gasteiger partial charge < -0.3 is 20.1 Å². The first kappa shape index (κ1) is 21.9. The van der Waals surface area contributed by atoms with Crippen molar-refractivity contribution in [1.82, 2.24) is 10.6 Å². The van der Waals surface area contributed by atoms with Crippen LogP contribution in [-0.4, -0.2) is 18.1 Å². The quantitative estimate of drug-likeness (QED) is 0.486. The summed E-state index contributed by atoms with van der Waals surface area (Å²) in [6.45, 7) is 2.22. The first-order valence-electron chi connectivity index (χ1n) is 11.4. The highest BCUT2D eigenvalue weighted by Crippen LogP contribution is 2.30. The van der Waals surface area contributed by atoms with E-state index < -0.39 is 6.04 Å². The minimum atomic E-state index is -0.565. The molecule has 2 N–H and O–H groups in total. The van der Waals surface area contributed by atoms with Crippen molar-refractivity contribution >= 4 is 12.0 Å². The summed E-state index contributed by atoms with van der Waals surface area (Å²) in [5.74, 6) is 0.359. The van der Waals surface area contributed by atoms with Crippen LogP contribution in [0.1, 0.15) is 62.6 Å². The Bertz CT molecular complexity index is 961. The number of allylic oxidation sites excluding steroid dienone is 1. The third kappa shape index (κ3) is 5.49. The van der Waals surface area contributed by atoms with E-state index in [2.05, 4.69) is 10.6 Å². The van der Waals surface area contributed by atoms with Gasteiger partial charge in [-0.25, -0.2) is 9.59 Å². The van der Waals surface area contributed by atoms with Crippen LogP contribution >= 0.6 is 0 Å². The number of nitrogens with one attached hydrogen (secondary N) is 2. The lowest BCUT2D eigenvalue weighted by molar-refractivity contribution is -0.145. The molecular weight excluding hydrogens is 404 g/mol. The van der Waals surface area contributed by atoms with Gasteiger partial charge in [0.15, 0.2) is 0 Å². The predicted molar refractivity (Wildman–Crippen MR) is 122 cm³/mol. The van der Waals surface area contributed by atoms with E-state index in [1.807, 2.05) is 54.6 Å². The molecule has 0 spiro atoms. The zero-order valence-corrected chi connectivity index (χ0v) is 18.4. The van der Waals surface area contributed by atoms with Gasteiger partial charge in [0.05, 0.1) is 11.6 Å². The van der Waals surface area contributed by atoms with Crippen molar-refractivity contribution in [3.8, 4) is 5.75 Å². The van der Waals surface area contributed by atoms with Crippen LogP contribution in [0, 0.1) is 0 Å². The van der Waals surface area contributed by atoms with Crippen LogP contribution in [0.25, 0.3) is 0 Å². The summed E-state index contributed by atoms with van der Waals surface area (Å²) in [4.78, 5) is 25.3. The molecule has 0 aromatic heterocycles. The van der Waals surface area contributed by atoms with Crippen molar-refractivity contribution in [2.75, 3.05) is 0 Å². The van der Waals surface area contributed by atoms with Gasteiger partial charge >= 0.3 is 12.0 Å². The summed E-state index contributed by atoms with van der Waals surface area (Å²) in [7, 11) is 0. The number of esters is 1. The molecule has 2 amide bonds. The molecule has 168 valence electrons. The largest absolute Gasteiger partial charge is 0.489 e. The second-order valence-corrected chi connectivity index (χ2v) is 8.43. The average Bonchev–Trinajstić information content (AvgIpc) is 3.07. The normalized spacial score (nSPS) is 19.5. The summed E-state index contributed by atoms with van der Waals surface area (Å²) >= 11 is 0. The maximum atomic E-state index is 13.1. The van der Waals surface area contributed by atoms with E-state index >= 15 is 0 Å². The van der Waals surface area contributed by atoms with Crippen LogP contribution < -0.4 is 15.4 Å². The van der Waals surface area contributed by atoms with Crippen molar-refractivity contribution in [1.29, 1.82) is 0 Å². The lowest BCUT2D eigenvalue weighted by atomic mass is 9.95. The molecule has 1 saturated carbocycles. The molecular formula is C26H30N2O4. The Kier molecular flexibility index (Phi) is 7.10. The molecule has 0 saturated heterocycles. The van der Waals surface area contributed by atoms with Crippen molar-refractivity contribution in [3.63, 3.8) is 0 Å². The maximum Gasteiger partial charge on any atom is 0.338 e. The summed E-state index contributed by atoms with van der Waals surface area (Å²) in [6.07, 6.45) is 6.28. The summed E-state index contributed by atoms with van der Waals surface area (Å²) in [5.41, 5.74) is 2.87. The highest BCUT2D eigenvalue weighted by Gasteiger charge is 2.33. The third-order valence-corrected chi connectivity index (χ3v) is 6.03. The molecule has 1 fully saturated rings. The van der Waals surface area contributed by atoms with Gasteiger partial charge in [-0.3, -0.25) is 0 Å².